The van der Waals surface area contributed by atoms with E-state index in [-0.39, 0.29) is 25.5 Å². The highest BCUT2D eigenvalue weighted by atomic mass is 79.9. The van der Waals surface area contributed by atoms with Crippen LogP contribution in [-0.4, -0.2) is 43.3 Å². The zero-order chi connectivity index (χ0) is 15.0. The van der Waals surface area contributed by atoms with Gasteiger partial charge in [0.05, 0.1) is 26.7 Å². The standard InChI is InChI=1S/C13H16BrNO5/c1-19-13(18)11(16)8-15-12(17)5-6-20-10-4-2-3-9(14)7-10/h2-4,7,11,16H,5-6,8H2,1H3,(H,15,17). The number of rotatable bonds is 7. The van der Waals surface area contributed by atoms with Gasteiger partial charge in [-0.1, -0.05) is 22.0 Å². The second-order valence-electron chi connectivity index (χ2n) is 3.90. The fourth-order valence-corrected chi connectivity index (χ4v) is 1.71. The van der Waals surface area contributed by atoms with E-state index in [1.165, 1.54) is 7.11 Å². The number of benzene rings is 1. The molecule has 0 heterocycles. The molecule has 1 unspecified atom stereocenters. The zero-order valence-corrected chi connectivity index (χ0v) is 12.6. The quantitative estimate of drug-likeness (QED) is 0.716. The van der Waals surface area contributed by atoms with E-state index in [0.717, 1.165) is 4.47 Å². The minimum atomic E-state index is -1.35. The summed E-state index contributed by atoms with van der Waals surface area (Å²) in [5.41, 5.74) is 0. The average Bonchev–Trinajstić information content (AvgIpc) is 2.44. The number of halogens is 1. The summed E-state index contributed by atoms with van der Waals surface area (Å²) in [6.07, 6.45) is -1.23. The van der Waals surface area contributed by atoms with E-state index in [9.17, 15) is 14.7 Å². The Kier molecular flexibility index (Phi) is 7.03. The number of nitrogens with one attached hydrogen (secondary N) is 1. The first kappa shape index (κ1) is 16.5. The predicted octanol–water partition coefficient (Wildman–Crippen LogP) is 0.868. The Bertz CT molecular complexity index is 466. The van der Waals surface area contributed by atoms with Crippen LogP contribution in [0, 0.1) is 0 Å². The molecular weight excluding hydrogens is 330 g/mol. The second kappa shape index (κ2) is 8.55. The molecule has 0 aromatic heterocycles. The Balaban J connectivity index is 2.22. The van der Waals surface area contributed by atoms with Crippen molar-refractivity contribution in [3.8, 4) is 5.75 Å². The molecular formula is C13H16BrNO5. The van der Waals surface area contributed by atoms with Gasteiger partial charge in [-0.15, -0.1) is 0 Å². The first-order chi connectivity index (χ1) is 9.52. The molecule has 2 N–H and O–H groups in total. The highest BCUT2D eigenvalue weighted by Gasteiger charge is 2.15. The molecule has 1 amide bonds. The highest BCUT2D eigenvalue weighted by molar-refractivity contribution is 9.10. The lowest BCUT2D eigenvalue weighted by Crippen LogP contribution is -2.37. The van der Waals surface area contributed by atoms with E-state index in [2.05, 4.69) is 26.0 Å². The number of amides is 1. The van der Waals surface area contributed by atoms with Crippen LogP contribution in [0.25, 0.3) is 0 Å². The number of methoxy groups -OCH3 is 1. The predicted molar refractivity (Wildman–Crippen MR) is 75.3 cm³/mol. The average molecular weight is 346 g/mol. The van der Waals surface area contributed by atoms with Crippen LogP contribution in [0.1, 0.15) is 6.42 Å². The summed E-state index contributed by atoms with van der Waals surface area (Å²) in [5, 5.41) is 11.7. The Labute approximate surface area is 125 Å². The van der Waals surface area contributed by atoms with Gasteiger partial charge in [0.15, 0.2) is 6.10 Å². The van der Waals surface area contributed by atoms with Gasteiger partial charge in [0.1, 0.15) is 5.75 Å². The smallest absolute Gasteiger partial charge is 0.336 e. The number of hydrogen-bond acceptors (Lipinski definition) is 5. The van der Waals surface area contributed by atoms with Gasteiger partial charge in [0.25, 0.3) is 0 Å². The van der Waals surface area contributed by atoms with Crippen molar-refractivity contribution < 1.29 is 24.2 Å². The molecule has 0 spiro atoms. The maximum Gasteiger partial charge on any atom is 0.336 e. The van der Waals surface area contributed by atoms with Gasteiger partial charge in [-0.25, -0.2) is 4.79 Å². The molecule has 1 aromatic rings. The minimum absolute atomic E-state index is 0.125. The molecule has 6 nitrogen and oxygen atoms in total. The van der Waals surface area contributed by atoms with Gasteiger partial charge in [-0.3, -0.25) is 4.79 Å². The largest absolute Gasteiger partial charge is 0.493 e. The fraction of sp³-hybridized carbons (Fsp3) is 0.385. The first-order valence-corrected chi connectivity index (χ1v) is 6.73. The Hall–Kier alpha value is -1.60. The van der Waals surface area contributed by atoms with Crippen molar-refractivity contribution in [2.75, 3.05) is 20.3 Å². The van der Waals surface area contributed by atoms with Gasteiger partial charge < -0.3 is 19.9 Å². The third-order valence-electron chi connectivity index (χ3n) is 2.36. The second-order valence-corrected chi connectivity index (χ2v) is 4.81. The van der Waals surface area contributed by atoms with E-state index in [0.29, 0.717) is 5.75 Å². The third kappa shape index (κ3) is 6.03. The molecule has 7 heteroatoms. The molecule has 0 aliphatic carbocycles. The fourth-order valence-electron chi connectivity index (χ4n) is 1.34. The Morgan fingerprint density at radius 3 is 2.85 bits per heavy atom. The van der Waals surface area contributed by atoms with Gasteiger partial charge in [-0.05, 0) is 18.2 Å². The Morgan fingerprint density at radius 1 is 1.45 bits per heavy atom. The van der Waals surface area contributed by atoms with Gasteiger partial charge in [0.2, 0.25) is 5.91 Å². The van der Waals surface area contributed by atoms with Crippen molar-refractivity contribution >= 4 is 27.8 Å². The van der Waals surface area contributed by atoms with Crippen LogP contribution in [0.4, 0.5) is 0 Å². The molecule has 1 atom stereocenters. The molecule has 0 fully saturated rings. The Morgan fingerprint density at radius 2 is 2.20 bits per heavy atom. The van der Waals surface area contributed by atoms with Gasteiger partial charge >= 0.3 is 5.97 Å². The molecule has 0 aliphatic rings. The number of aliphatic hydroxyl groups is 1. The summed E-state index contributed by atoms with van der Waals surface area (Å²) in [6.45, 7) is 0.0268. The van der Waals surface area contributed by atoms with Crippen LogP contribution in [0.2, 0.25) is 0 Å². The lowest BCUT2D eigenvalue weighted by atomic mass is 10.3. The van der Waals surface area contributed by atoms with Crippen molar-refractivity contribution in [3.05, 3.63) is 28.7 Å². The lowest BCUT2D eigenvalue weighted by Gasteiger charge is -2.10. The van der Waals surface area contributed by atoms with E-state index in [1.807, 2.05) is 12.1 Å². The molecule has 1 rings (SSSR count). The zero-order valence-electron chi connectivity index (χ0n) is 11.0. The summed E-state index contributed by atoms with van der Waals surface area (Å²) in [6, 6.07) is 7.27. The molecule has 1 aromatic carbocycles. The number of carbonyl (C=O) groups excluding carboxylic acids is 2. The molecule has 110 valence electrons. The van der Waals surface area contributed by atoms with Crippen molar-refractivity contribution in [2.24, 2.45) is 0 Å². The maximum atomic E-state index is 11.5. The number of ether oxygens (including phenoxy) is 2. The minimum Gasteiger partial charge on any atom is -0.493 e. The number of esters is 1. The lowest BCUT2D eigenvalue weighted by molar-refractivity contribution is -0.150. The summed E-state index contributed by atoms with van der Waals surface area (Å²) in [4.78, 5) is 22.4. The van der Waals surface area contributed by atoms with Crippen molar-refractivity contribution in [1.82, 2.24) is 5.32 Å². The van der Waals surface area contributed by atoms with Crippen LogP contribution in [0.15, 0.2) is 28.7 Å². The van der Waals surface area contributed by atoms with Crippen LogP contribution in [0.3, 0.4) is 0 Å². The summed E-state index contributed by atoms with van der Waals surface area (Å²) in [7, 11) is 1.17. The number of hydrogen-bond donors (Lipinski definition) is 2. The summed E-state index contributed by atoms with van der Waals surface area (Å²) >= 11 is 3.31. The van der Waals surface area contributed by atoms with Crippen LogP contribution in [0.5, 0.6) is 5.75 Å². The molecule has 0 aliphatic heterocycles. The summed E-state index contributed by atoms with van der Waals surface area (Å²) < 4.78 is 10.6. The molecule has 0 radical (unpaired) electrons. The first-order valence-electron chi connectivity index (χ1n) is 5.94. The number of carbonyl (C=O) groups is 2. The molecule has 0 saturated heterocycles. The third-order valence-corrected chi connectivity index (χ3v) is 2.85. The molecule has 0 bridgehead atoms. The van der Waals surface area contributed by atoms with Crippen molar-refractivity contribution in [1.29, 1.82) is 0 Å². The van der Waals surface area contributed by atoms with Crippen molar-refractivity contribution in [2.45, 2.75) is 12.5 Å². The molecule has 0 saturated carbocycles. The van der Waals surface area contributed by atoms with Crippen molar-refractivity contribution in [3.63, 3.8) is 0 Å². The normalized spacial score (nSPS) is 11.6. The topological polar surface area (TPSA) is 84.9 Å². The van der Waals surface area contributed by atoms with Crippen LogP contribution < -0.4 is 10.1 Å². The van der Waals surface area contributed by atoms with Crippen LogP contribution in [-0.2, 0) is 14.3 Å². The maximum absolute atomic E-state index is 11.5. The van der Waals surface area contributed by atoms with E-state index in [4.69, 9.17) is 4.74 Å². The SMILES string of the molecule is COC(=O)C(O)CNC(=O)CCOc1cccc(Br)c1. The van der Waals surface area contributed by atoms with E-state index in [1.54, 1.807) is 12.1 Å². The van der Waals surface area contributed by atoms with Gasteiger partial charge in [0, 0.05) is 4.47 Å². The van der Waals surface area contributed by atoms with Crippen LogP contribution >= 0.6 is 15.9 Å². The van der Waals surface area contributed by atoms with E-state index < -0.39 is 12.1 Å². The number of aliphatic hydroxyl groups excluding tert-OH is 1. The molecule has 20 heavy (non-hydrogen) atoms. The highest BCUT2D eigenvalue weighted by Crippen LogP contribution is 2.17. The summed E-state index contributed by atoms with van der Waals surface area (Å²) in [5.74, 6) is -0.444. The van der Waals surface area contributed by atoms with E-state index >= 15 is 0 Å². The monoisotopic (exact) mass is 345 g/mol. The van der Waals surface area contributed by atoms with Gasteiger partial charge in [-0.2, -0.15) is 0 Å².